The summed E-state index contributed by atoms with van der Waals surface area (Å²) < 4.78 is 5.05. The van der Waals surface area contributed by atoms with Crippen LogP contribution in [-0.4, -0.2) is 49.2 Å². The third kappa shape index (κ3) is 4.46. The van der Waals surface area contributed by atoms with Gasteiger partial charge in [-0.1, -0.05) is 0 Å². The zero-order valence-electron chi connectivity index (χ0n) is 10.4. The number of nitrogens with zero attached hydrogens (tertiary/aromatic N) is 1. The Morgan fingerprint density at radius 3 is 2.67 bits per heavy atom. The summed E-state index contributed by atoms with van der Waals surface area (Å²) in [7, 11) is 3.33. The summed E-state index contributed by atoms with van der Waals surface area (Å²) in [6.07, 6.45) is 1.20. The van der Waals surface area contributed by atoms with Crippen molar-refractivity contribution in [2.45, 2.75) is 6.54 Å². The van der Waals surface area contributed by atoms with Crippen molar-refractivity contribution in [3.63, 3.8) is 0 Å². The van der Waals surface area contributed by atoms with Crippen LogP contribution in [0, 0.1) is 0 Å². The summed E-state index contributed by atoms with van der Waals surface area (Å²) in [6.45, 7) is 1.48. The Hall–Kier alpha value is -2.02. The number of hydrogen-bond acceptors (Lipinski definition) is 4. The lowest BCUT2D eigenvalue weighted by Gasteiger charge is -2.11. The predicted molar refractivity (Wildman–Crippen MR) is 64.5 cm³/mol. The first-order chi connectivity index (χ1) is 8.50. The van der Waals surface area contributed by atoms with E-state index in [1.807, 2.05) is 0 Å². The van der Waals surface area contributed by atoms with Gasteiger partial charge in [-0.25, -0.2) is 9.59 Å². The molecule has 0 fully saturated rings. The Labute approximate surface area is 105 Å². The van der Waals surface area contributed by atoms with Crippen LogP contribution in [0.5, 0.6) is 0 Å². The fraction of sp³-hybridized carbons (Fsp3) is 0.455. The van der Waals surface area contributed by atoms with E-state index in [1.165, 1.54) is 17.2 Å². The van der Waals surface area contributed by atoms with Crippen LogP contribution < -0.4 is 10.6 Å². The largest absolute Gasteiger partial charge is 0.478 e. The third-order valence-corrected chi connectivity index (χ3v) is 2.18. The Balaban J connectivity index is 2.18. The van der Waals surface area contributed by atoms with Gasteiger partial charge in [-0.2, -0.15) is 0 Å². The fourth-order valence-electron chi connectivity index (χ4n) is 1.21. The van der Waals surface area contributed by atoms with E-state index >= 15 is 0 Å². The van der Waals surface area contributed by atoms with E-state index in [0.29, 0.717) is 25.4 Å². The lowest BCUT2D eigenvalue weighted by molar-refractivity contribution is 0.0696. The molecule has 0 aliphatic carbocycles. The van der Waals surface area contributed by atoms with Crippen molar-refractivity contribution in [2.24, 2.45) is 0 Å². The Morgan fingerprint density at radius 1 is 1.39 bits per heavy atom. The minimum absolute atomic E-state index is 0.132. The SMILES string of the molecule is CN(C)C(=O)NCCNCc1cc(C(=O)O)co1. The number of urea groups is 1. The third-order valence-electron chi connectivity index (χ3n) is 2.18. The average Bonchev–Trinajstić information content (AvgIpc) is 2.77. The minimum atomic E-state index is -1.01. The highest BCUT2D eigenvalue weighted by molar-refractivity contribution is 5.87. The molecule has 7 heteroatoms. The number of carboxylic acids is 1. The predicted octanol–water partition coefficient (Wildman–Crippen LogP) is 0.339. The zero-order chi connectivity index (χ0) is 13.5. The molecule has 0 aliphatic heterocycles. The molecule has 0 saturated heterocycles. The molecule has 0 bridgehead atoms. The Bertz CT molecular complexity index is 414. The summed E-state index contributed by atoms with van der Waals surface area (Å²) in [4.78, 5) is 23.2. The quantitative estimate of drug-likeness (QED) is 0.637. The number of carbonyl (C=O) groups excluding carboxylic acids is 1. The maximum Gasteiger partial charge on any atom is 0.338 e. The molecule has 0 saturated carbocycles. The molecule has 1 rings (SSSR count). The van der Waals surface area contributed by atoms with Gasteiger partial charge in [0.05, 0.1) is 12.1 Å². The first-order valence-corrected chi connectivity index (χ1v) is 5.47. The van der Waals surface area contributed by atoms with Gasteiger partial charge < -0.3 is 25.1 Å². The first kappa shape index (κ1) is 14.0. The zero-order valence-corrected chi connectivity index (χ0v) is 10.4. The van der Waals surface area contributed by atoms with E-state index in [-0.39, 0.29) is 11.6 Å². The van der Waals surface area contributed by atoms with Crippen molar-refractivity contribution < 1.29 is 19.1 Å². The monoisotopic (exact) mass is 255 g/mol. The molecule has 0 aliphatic rings. The molecule has 0 unspecified atom stereocenters. The van der Waals surface area contributed by atoms with Gasteiger partial charge in [-0.05, 0) is 6.07 Å². The van der Waals surface area contributed by atoms with E-state index in [4.69, 9.17) is 9.52 Å². The number of amides is 2. The molecule has 1 aromatic rings. The highest BCUT2D eigenvalue weighted by atomic mass is 16.4. The molecule has 0 spiro atoms. The van der Waals surface area contributed by atoms with Gasteiger partial charge in [0.25, 0.3) is 0 Å². The summed E-state index contributed by atoms with van der Waals surface area (Å²) in [5.74, 6) is -0.463. The Morgan fingerprint density at radius 2 is 2.11 bits per heavy atom. The van der Waals surface area contributed by atoms with Gasteiger partial charge in [0, 0.05) is 27.2 Å². The van der Waals surface area contributed by atoms with Crippen molar-refractivity contribution in [3.05, 3.63) is 23.7 Å². The maximum absolute atomic E-state index is 11.2. The van der Waals surface area contributed by atoms with Gasteiger partial charge in [0.1, 0.15) is 12.0 Å². The van der Waals surface area contributed by atoms with E-state index in [1.54, 1.807) is 14.1 Å². The minimum Gasteiger partial charge on any atom is -0.478 e. The van der Waals surface area contributed by atoms with Crippen LogP contribution in [0.4, 0.5) is 4.79 Å². The van der Waals surface area contributed by atoms with Crippen LogP contribution in [0.25, 0.3) is 0 Å². The number of rotatable bonds is 6. The Kier molecular flexibility index (Phi) is 5.19. The number of furan rings is 1. The van der Waals surface area contributed by atoms with E-state index in [2.05, 4.69) is 10.6 Å². The highest BCUT2D eigenvalue weighted by Gasteiger charge is 2.07. The number of hydrogen-bond donors (Lipinski definition) is 3. The second-order valence-electron chi connectivity index (χ2n) is 3.91. The summed E-state index contributed by atoms with van der Waals surface area (Å²) >= 11 is 0. The molecular formula is C11H17N3O4. The standard InChI is InChI=1S/C11H17N3O4/c1-14(2)11(17)13-4-3-12-6-9-5-8(7-18-9)10(15)16/h5,7,12H,3-4,6H2,1-2H3,(H,13,17)(H,15,16). The first-order valence-electron chi connectivity index (χ1n) is 5.47. The van der Waals surface area contributed by atoms with Gasteiger partial charge in [0.2, 0.25) is 0 Å². The summed E-state index contributed by atoms with van der Waals surface area (Å²) in [5, 5.41) is 14.4. The fourth-order valence-corrected chi connectivity index (χ4v) is 1.21. The summed E-state index contributed by atoms with van der Waals surface area (Å²) in [6, 6.07) is 1.32. The molecule has 1 heterocycles. The smallest absolute Gasteiger partial charge is 0.338 e. The topological polar surface area (TPSA) is 94.8 Å². The molecule has 3 N–H and O–H groups in total. The second-order valence-corrected chi connectivity index (χ2v) is 3.91. The van der Waals surface area contributed by atoms with Crippen molar-refractivity contribution in [1.82, 2.24) is 15.5 Å². The molecule has 18 heavy (non-hydrogen) atoms. The van der Waals surface area contributed by atoms with Crippen molar-refractivity contribution in [1.29, 1.82) is 0 Å². The molecular weight excluding hydrogens is 238 g/mol. The number of carboxylic acid groups (broad SMARTS) is 1. The summed E-state index contributed by atoms with van der Waals surface area (Å²) in [5.41, 5.74) is 0.132. The second kappa shape index (κ2) is 6.65. The van der Waals surface area contributed by atoms with Crippen LogP contribution >= 0.6 is 0 Å². The normalized spacial score (nSPS) is 10.1. The number of aromatic carboxylic acids is 1. The van der Waals surface area contributed by atoms with Crippen molar-refractivity contribution in [2.75, 3.05) is 27.2 Å². The molecule has 0 aromatic carbocycles. The molecule has 7 nitrogen and oxygen atoms in total. The van der Waals surface area contributed by atoms with Gasteiger partial charge >= 0.3 is 12.0 Å². The van der Waals surface area contributed by atoms with E-state index in [0.717, 1.165) is 0 Å². The lowest BCUT2D eigenvalue weighted by Crippen LogP contribution is -2.38. The van der Waals surface area contributed by atoms with Crippen LogP contribution in [0.3, 0.4) is 0 Å². The van der Waals surface area contributed by atoms with Crippen LogP contribution in [0.15, 0.2) is 16.7 Å². The molecule has 100 valence electrons. The molecule has 0 radical (unpaired) electrons. The van der Waals surface area contributed by atoms with E-state index < -0.39 is 5.97 Å². The van der Waals surface area contributed by atoms with Crippen LogP contribution in [-0.2, 0) is 6.54 Å². The molecule has 2 amide bonds. The number of nitrogens with one attached hydrogen (secondary N) is 2. The van der Waals surface area contributed by atoms with Crippen molar-refractivity contribution >= 4 is 12.0 Å². The number of carbonyl (C=O) groups is 2. The highest BCUT2D eigenvalue weighted by Crippen LogP contribution is 2.06. The lowest BCUT2D eigenvalue weighted by atomic mass is 10.3. The van der Waals surface area contributed by atoms with E-state index in [9.17, 15) is 9.59 Å². The molecule has 1 aromatic heterocycles. The van der Waals surface area contributed by atoms with Crippen molar-refractivity contribution in [3.8, 4) is 0 Å². The van der Waals surface area contributed by atoms with Gasteiger partial charge in [0.15, 0.2) is 0 Å². The van der Waals surface area contributed by atoms with Gasteiger partial charge in [-0.3, -0.25) is 0 Å². The van der Waals surface area contributed by atoms with Crippen LogP contribution in [0.1, 0.15) is 16.1 Å². The molecule has 0 atom stereocenters. The maximum atomic E-state index is 11.2. The van der Waals surface area contributed by atoms with Gasteiger partial charge in [-0.15, -0.1) is 0 Å². The average molecular weight is 255 g/mol. The van der Waals surface area contributed by atoms with Crippen LogP contribution in [0.2, 0.25) is 0 Å².